The Balaban J connectivity index is 0.000000357. The molecule has 1 heteroatoms. The Labute approximate surface area is 121 Å². The van der Waals surface area contributed by atoms with Crippen molar-refractivity contribution in [3.05, 3.63) is 60.2 Å². The van der Waals surface area contributed by atoms with Crippen molar-refractivity contribution < 1.29 is 4.79 Å². The molecule has 0 bridgehead atoms. The van der Waals surface area contributed by atoms with Crippen molar-refractivity contribution in [3.63, 3.8) is 0 Å². The lowest BCUT2D eigenvalue weighted by Crippen LogP contribution is -1.78. The first kappa shape index (κ1) is 15.9. The van der Waals surface area contributed by atoms with Gasteiger partial charge in [-0.25, -0.2) is 0 Å². The minimum Gasteiger partial charge on any atom is -0.304 e. The molecular weight excluding hydrogens is 244 g/mol. The van der Waals surface area contributed by atoms with Crippen LogP contribution in [0.25, 0.3) is 21.5 Å². The minimum absolute atomic E-state index is 0.750. The van der Waals surface area contributed by atoms with Crippen LogP contribution in [0.1, 0.15) is 26.3 Å². The number of carbonyl (C=O) groups is 1. The van der Waals surface area contributed by atoms with Gasteiger partial charge in [0.1, 0.15) is 6.29 Å². The SMILES string of the molecule is CC.CC=O.Cc1ccc2ccc3ccccc3c2c1. The first-order valence-electron chi connectivity index (χ1n) is 7.04. The average Bonchev–Trinajstić information content (AvgIpc) is 2.50. The molecule has 1 nitrogen and oxygen atoms in total. The van der Waals surface area contributed by atoms with Gasteiger partial charge in [-0.3, -0.25) is 0 Å². The van der Waals surface area contributed by atoms with Gasteiger partial charge in [0.15, 0.2) is 0 Å². The normalized spacial score (nSPS) is 9.20. The lowest BCUT2D eigenvalue weighted by Gasteiger charge is -2.04. The summed E-state index contributed by atoms with van der Waals surface area (Å²) in [7, 11) is 0. The van der Waals surface area contributed by atoms with Gasteiger partial charge < -0.3 is 4.79 Å². The van der Waals surface area contributed by atoms with Crippen LogP contribution < -0.4 is 0 Å². The fourth-order valence-electron chi connectivity index (χ4n) is 2.12. The molecule has 0 saturated heterocycles. The Kier molecular flexibility index (Phi) is 6.45. The summed E-state index contributed by atoms with van der Waals surface area (Å²) >= 11 is 0. The zero-order chi connectivity index (χ0) is 15.0. The van der Waals surface area contributed by atoms with Crippen molar-refractivity contribution in [2.75, 3.05) is 0 Å². The molecule has 0 saturated carbocycles. The maximum Gasteiger partial charge on any atom is 0.116 e. The third-order valence-corrected chi connectivity index (χ3v) is 2.90. The molecule has 0 heterocycles. The predicted molar refractivity (Wildman–Crippen MR) is 89.3 cm³/mol. The molecule has 0 atom stereocenters. The quantitative estimate of drug-likeness (QED) is 0.386. The second-order valence-electron chi connectivity index (χ2n) is 4.25. The minimum atomic E-state index is 0.750. The topological polar surface area (TPSA) is 17.1 Å². The van der Waals surface area contributed by atoms with E-state index in [2.05, 4.69) is 61.5 Å². The van der Waals surface area contributed by atoms with Crippen molar-refractivity contribution in [2.24, 2.45) is 0 Å². The Bertz CT molecular complexity index is 683. The Morgan fingerprint density at radius 3 is 1.95 bits per heavy atom. The fraction of sp³-hybridized carbons (Fsp3) is 0.211. The predicted octanol–water partition coefficient (Wildman–Crippen LogP) is 5.53. The van der Waals surface area contributed by atoms with Crippen molar-refractivity contribution in [1.29, 1.82) is 0 Å². The summed E-state index contributed by atoms with van der Waals surface area (Å²) in [6, 6.07) is 19.5. The highest BCUT2D eigenvalue weighted by molar-refractivity contribution is 6.07. The maximum atomic E-state index is 8.81. The zero-order valence-electron chi connectivity index (χ0n) is 12.7. The van der Waals surface area contributed by atoms with E-state index in [0.717, 1.165) is 6.29 Å². The van der Waals surface area contributed by atoms with E-state index in [-0.39, 0.29) is 0 Å². The number of benzene rings is 3. The van der Waals surface area contributed by atoms with Crippen LogP contribution in [0.4, 0.5) is 0 Å². The standard InChI is InChI=1S/C15H12.C2H4O.C2H6/c1-11-6-7-13-9-8-12-4-2-3-5-14(12)15(13)10-11;1-2-3;1-2/h2-10H,1H3;2H,1H3;1-2H3. The molecule has 20 heavy (non-hydrogen) atoms. The number of aldehydes is 1. The highest BCUT2D eigenvalue weighted by Gasteiger charge is 1.99. The molecule has 0 aliphatic heterocycles. The largest absolute Gasteiger partial charge is 0.304 e. The lowest BCUT2D eigenvalue weighted by molar-refractivity contribution is -0.106. The second-order valence-corrected chi connectivity index (χ2v) is 4.25. The van der Waals surface area contributed by atoms with E-state index >= 15 is 0 Å². The van der Waals surface area contributed by atoms with Gasteiger partial charge in [-0.05, 0) is 35.4 Å². The van der Waals surface area contributed by atoms with Crippen molar-refractivity contribution in [1.82, 2.24) is 0 Å². The van der Waals surface area contributed by atoms with Crippen molar-refractivity contribution >= 4 is 27.8 Å². The summed E-state index contributed by atoms with van der Waals surface area (Å²) in [5, 5.41) is 5.33. The van der Waals surface area contributed by atoms with Crippen LogP contribution in [0.3, 0.4) is 0 Å². The van der Waals surface area contributed by atoms with Gasteiger partial charge >= 0.3 is 0 Å². The van der Waals surface area contributed by atoms with Crippen LogP contribution in [-0.4, -0.2) is 6.29 Å². The summed E-state index contributed by atoms with van der Waals surface area (Å²) < 4.78 is 0. The van der Waals surface area contributed by atoms with Gasteiger partial charge in [0.25, 0.3) is 0 Å². The van der Waals surface area contributed by atoms with Crippen LogP contribution in [-0.2, 0) is 4.79 Å². The molecule has 3 aromatic carbocycles. The Morgan fingerprint density at radius 2 is 1.30 bits per heavy atom. The fourth-order valence-corrected chi connectivity index (χ4v) is 2.12. The summed E-state index contributed by atoms with van der Waals surface area (Å²) in [5.41, 5.74) is 1.32. The van der Waals surface area contributed by atoms with E-state index in [4.69, 9.17) is 4.79 Å². The van der Waals surface area contributed by atoms with Gasteiger partial charge in [-0.1, -0.05) is 74.0 Å². The number of aryl methyl sites for hydroxylation is 1. The van der Waals surface area contributed by atoms with E-state index in [9.17, 15) is 0 Å². The highest BCUT2D eigenvalue weighted by Crippen LogP contribution is 2.25. The number of hydrogen-bond acceptors (Lipinski definition) is 1. The first-order valence-corrected chi connectivity index (χ1v) is 7.04. The molecule has 0 radical (unpaired) electrons. The number of fused-ring (bicyclic) bond motifs is 3. The number of rotatable bonds is 0. The summed E-state index contributed by atoms with van der Waals surface area (Å²) in [4.78, 5) is 8.81. The maximum absolute atomic E-state index is 8.81. The van der Waals surface area contributed by atoms with E-state index in [1.807, 2.05) is 13.8 Å². The summed E-state index contributed by atoms with van der Waals surface area (Å²) in [6.45, 7) is 7.58. The molecule has 0 aliphatic rings. The van der Waals surface area contributed by atoms with Crippen molar-refractivity contribution in [3.8, 4) is 0 Å². The zero-order valence-corrected chi connectivity index (χ0v) is 12.7. The second kappa shape index (κ2) is 8.11. The molecule has 0 N–H and O–H groups in total. The summed E-state index contributed by atoms with van der Waals surface area (Å²) in [6.07, 6.45) is 0.750. The highest BCUT2D eigenvalue weighted by atomic mass is 16.1. The molecule has 0 amide bonds. The Morgan fingerprint density at radius 1 is 0.800 bits per heavy atom. The molecular formula is C19H22O. The van der Waals surface area contributed by atoms with Crippen LogP contribution in [0.2, 0.25) is 0 Å². The first-order chi connectivity index (χ1) is 9.76. The molecule has 0 fully saturated rings. The molecule has 3 rings (SSSR count). The van der Waals surface area contributed by atoms with Crippen molar-refractivity contribution in [2.45, 2.75) is 27.7 Å². The Hall–Kier alpha value is -2.15. The lowest BCUT2D eigenvalue weighted by atomic mass is 10.0. The molecule has 0 unspecified atom stereocenters. The third-order valence-electron chi connectivity index (χ3n) is 2.90. The molecule has 3 aromatic rings. The van der Waals surface area contributed by atoms with Crippen LogP contribution in [0.15, 0.2) is 54.6 Å². The van der Waals surface area contributed by atoms with Gasteiger partial charge in [-0.15, -0.1) is 0 Å². The summed E-state index contributed by atoms with van der Waals surface area (Å²) in [5.74, 6) is 0. The third kappa shape index (κ3) is 3.67. The molecule has 0 spiro atoms. The van der Waals surface area contributed by atoms with Gasteiger partial charge in [0.05, 0.1) is 0 Å². The van der Waals surface area contributed by atoms with E-state index in [1.54, 1.807) is 0 Å². The number of hydrogen-bond donors (Lipinski definition) is 0. The van der Waals surface area contributed by atoms with Gasteiger partial charge in [0.2, 0.25) is 0 Å². The van der Waals surface area contributed by atoms with E-state index in [1.165, 1.54) is 34.0 Å². The number of carbonyl (C=O) groups excluding carboxylic acids is 1. The van der Waals surface area contributed by atoms with Crippen LogP contribution >= 0.6 is 0 Å². The van der Waals surface area contributed by atoms with Gasteiger partial charge in [-0.2, -0.15) is 0 Å². The van der Waals surface area contributed by atoms with Crippen LogP contribution in [0.5, 0.6) is 0 Å². The van der Waals surface area contributed by atoms with Gasteiger partial charge in [0, 0.05) is 0 Å². The van der Waals surface area contributed by atoms with E-state index < -0.39 is 0 Å². The molecule has 104 valence electrons. The molecule has 0 aromatic heterocycles. The van der Waals surface area contributed by atoms with E-state index in [0.29, 0.717) is 0 Å². The van der Waals surface area contributed by atoms with Crippen LogP contribution in [0, 0.1) is 6.92 Å². The molecule has 0 aliphatic carbocycles. The monoisotopic (exact) mass is 266 g/mol. The average molecular weight is 266 g/mol. The smallest absolute Gasteiger partial charge is 0.116 e.